The first-order valence-electron chi connectivity index (χ1n) is 19.3. The molecule has 13 rings (SSSR count). The summed E-state index contributed by atoms with van der Waals surface area (Å²) in [6.07, 6.45) is 7.31. The molecule has 0 amide bonds. The van der Waals surface area contributed by atoms with Gasteiger partial charge >= 0.3 is 0 Å². The molecule has 2 heteroatoms. The lowest BCUT2D eigenvalue weighted by atomic mass is 9.38. The van der Waals surface area contributed by atoms with Crippen LogP contribution in [0.4, 0.5) is 0 Å². The smallest absolute Gasteiger partial charge is 0.0541 e. The molecule has 0 radical (unpaired) electrons. The molecule has 52 heavy (non-hydrogen) atoms. The average Bonchev–Trinajstić information content (AvgIpc) is 3.90. The van der Waals surface area contributed by atoms with E-state index in [1.807, 2.05) is 0 Å². The second-order valence-corrected chi connectivity index (χ2v) is 16.8. The molecule has 2 aromatic heterocycles. The molecule has 2 bridgehead atoms. The van der Waals surface area contributed by atoms with Crippen LogP contribution in [-0.4, -0.2) is 9.13 Å². The first kappa shape index (κ1) is 28.0. The van der Waals surface area contributed by atoms with Crippen molar-refractivity contribution in [1.82, 2.24) is 9.13 Å². The second-order valence-electron chi connectivity index (χ2n) is 16.8. The highest BCUT2D eigenvalue weighted by Crippen LogP contribution is 2.84. The third-order valence-electron chi connectivity index (χ3n) is 14.7. The lowest BCUT2D eigenvalue weighted by Crippen LogP contribution is -2.59. The van der Waals surface area contributed by atoms with Crippen molar-refractivity contribution in [3.8, 4) is 22.5 Å². The number of aromatic nitrogens is 2. The average molecular weight is 667 g/mol. The van der Waals surface area contributed by atoms with E-state index in [-0.39, 0.29) is 0 Å². The standard InChI is InChI=1S/C50H38N2/c1-2-9-32-22-40(19-16-31(32)8-1)52-46-15-6-4-13-42(46)44-24-34(18-21-48(44)52)33-17-20-47-43(23-33)41-12-3-5-14-45(41)51(47)39-11-7-10-35(27-39)49-28-37-25-36-26-38(29-49)50(36,37)30-49/h1-24,27,36-38H,25-26,28-30H2. The van der Waals surface area contributed by atoms with E-state index in [0.717, 1.165) is 23.2 Å². The van der Waals surface area contributed by atoms with Gasteiger partial charge in [-0.05, 0) is 149 Å². The third-order valence-corrected chi connectivity index (χ3v) is 14.7. The predicted octanol–water partition coefficient (Wildman–Crippen LogP) is 12.8. The van der Waals surface area contributed by atoms with Gasteiger partial charge in [-0.25, -0.2) is 0 Å². The molecular formula is C50H38N2. The second kappa shape index (κ2) is 9.63. The van der Waals surface area contributed by atoms with Crippen molar-refractivity contribution in [2.24, 2.45) is 23.2 Å². The zero-order valence-corrected chi connectivity index (χ0v) is 29.1. The maximum Gasteiger partial charge on any atom is 0.0541 e. The summed E-state index contributed by atoms with van der Waals surface area (Å²) < 4.78 is 4.96. The van der Waals surface area contributed by atoms with Crippen molar-refractivity contribution >= 4 is 54.4 Å². The fraction of sp³-hybridized carbons (Fsp3) is 0.200. The number of para-hydroxylation sites is 2. The number of hydrogen-bond donors (Lipinski definition) is 0. The highest BCUT2D eigenvalue weighted by molar-refractivity contribution is 6.12. The molecule has 0 aliphatic heterocycles. The van der Waals surface area contributed by atoms with Gasteiger partial charge in [0.25, 0.3) is 0 Å². The van der Waals surface area contributed by atoms with Gasteiger partial charge in [0.1, 0.15) is 0 Å². The molecule has 9 aromatic rings. The molecule has 4 aliphatic carbocycles. The highest BCUT2D eigenvalue weighted by Gasteiger charge is 2.77. The maximum atomic E-state index is 2.57. The van der Waals surface area contributed by atoms with Gasteiger partial charge in [-0.15, -0.1) is 0 Å². The monoisotopic (exact) mass is 666 g/mol. The van der Waals surface area contributed by atoms with E-state index < -0.39 is 0 Å². The van der Waals surface area contributed by atoms with Gasteiger partial charge in [0, 0.05) is 32.9 Å². The fourth-order valence-electron chi connectivity index (χ4n) is 12.6. The van der Waals surface area contributed by atoms with Gasteiger partial charge in [-0.1, -0.05) is 91.0 Å². The Hall–Kier alpha value is -5.60. The first-order valence-corrected chi connectivity index (χ1v) is 19.3. The Morgan fingerprint density at radius 3 is 1.63 bits per heavy atom. The van der Waals surface area contributed by atoms with Crippen molar-refractivity contribution < 1.29 is 0 Å². The zero-order chi connectivity index (χ0) is 33.8. The van der Waals surface area contributed by atoms with Crippen LogP contribution in [0.5, 0.6) is 0 Å². The summed E-state index contributed by atoms with van der Waals surface area (Å²) in [6.45, 7) is 0. The highest BCUT2D eigenvalue weighted by atomic mass is 15.0. The van der Waals surface area contributed by atoms with Gasteiger partial charge in [0.05, 0.1) is 22.1 Å². The molecule has 0 N–H and O–H groups in total. The van der Waals surface area contributed by atoms with Crippen molar-refractivity contribution in [2.75, 3.05) is 0 Å². The van der Waals surface area contributed by atoms with E-state index in [1.54, 1.807) is 5.56 Å². The van der Waals surface area contributed by atoms with Gasteiger partial charge in [-0.2, -0.15) is 0 Å². The Kier molecular flexibility index (Phi) is 5.19. The van der Waals surface area contributed by atoms with Gasteiger partial charge in [0.15, 0.2) is 0 Å². The number of fused-ring (bicyclic) bond motifs is 8. The summed E-state index contributed by atoms with van der Waals surface area (Å²) in [4.78, 5) is 0. The Morgan fingerprint density at radius 1 is 0.423 bits per heavy atom. The molecule has 0 saturated heterocycles. The normalized spacial score (nSPS) is 25.7. The molecule has 2 unspecified atom stereocenters. The molecule has 7 aromatic carbocycles. The van der Waals surface area contributed by atoms with Crippen LogP contribution in [0.25, 0.3) is 76.9 Å². The number of nitrogens with zero attached hydrogens (tertiary/aromatic N) is 2. The molecule has 248 valence electrons. The summed E-state index contributed by atoms with van der Waals surface area (Å²) in [5.41, 5.74) is 12.8. The number of hydrogen-bond acceptors (Lipinski definition) is 0. The molecule has 4 fully saturated rings. The number of benzene rings is 7. The largest absolute Gasteiger partial charge is 0.309 e. The van der Waals surface area contributed by atoms with Crippen LogP contribution >= 0.6 is 0 Å². The Balaban J connectivity index is 0.948. The summed E-state index contributed by atoms with van der Waals surface area (Å²) in [5.74, 6) is 3.04. The van der Waals surface area contributed by atoms with E-state index in [4.69, 9.17) is 0 Å². The van der Waals surface area contributed by atoms with Gasteiger partial charge in [-0.3, -0.25) is 0 Å². The van der Waals surface area contributed by atoms with Crippen molar-refractivity contribution in [1.29, 1.82) is 0 Å². The first-order chi connectivity index (χ1) is 25.7. The summed E-state index contributed by atoms with van der Waals surface area (Å²) in [5, 5.41) is 7.72. The van der Waals surface area contributed by atoms with Crippen molar-refractivity contribution in [3.63, 3.8) is 0 Å². The van der Waals surface area contributed by atoms with Crippen LogP contribution in [-0.2, 0) is 5.41 Å². The molecule has 2 heterocycles. The quantitative estimate of drug-likeness (QED) is 0.177. The van der Waals surface area contributed by atoms with E-state index in [0.29, 0.717) is 5.41 Å². The van der Waals surface area contributed by atoms with Crippen LogP contribution < -0.4 is 0 Å². The van der Waals surface area contributed by atoms with Gasteiger partial charge < -0.3 is 9.13 Å². The summed E-state index contributed by atoms with van der Waals surface area (Å²) in [7, 11) is 0. The lowest BCUT2D eigenvalue weighted by molar-refractivity contribution is -0.175. The minimum Gasteiger partial charge on any atom is -0.309 e. The molecule has 2 atom stereocenters. The summed E-state index contributed by atoms with van der Waals surface area (Å²) in [6, 6.07) is 57.2. The topological polar surface area (TPSA) is 9.86 Å². The third kappa shape index (κ3) is 3.42. The van der Waals surface area contributed by atoms with Crippen molar-refractivity contribution in [2.45, 2.75) is 37.5 Å². The van der Waals surface area contributed by atoms with Crippen LogP contribution in [0.1, 0.15) is 37.7 Å². The van der Waals surface area contributed by atoms with E-state index in [2.05, 4.69) is 161 Å². The van der Waals surface area contributed by atoms with Crippen LogP contribution in [0.15, 0.2) is 152 Å². The van der Waals surface area contributed by atoms with E-state index in [1.165, 1.54) is 109 Å². The van der Waals surface area contributed by atoms with Crippen LogP contribution in [0.3, 0.4) is 0 Å². The van der Waals surface area contributed by atoms with E-state index >= 15 is 0 Å². The predicted molar refractivity (Wildman–Crippen MR) is 216 cm³/mol. The molecular weight excluding hydrogens is 629 g/mol. The summed E-state index contributed by atoms with van der Waals surface area (Å²) >= 11 is 0. The Labute approximate surface area is 302 Å². The minimum absolute atomic E-state index is 0.401. The molecule has 2 nitrogen and oxygen atoms in total. The number of rotatable bonds is 4. The molecule has 4 aliphatic rings. The van der Waals surface area contributed by atoms with Crippen LogP contribution in [0.2, 0.25) is 0 Å². The lowest BCUT2D eigenvalue weighted by Gasteiger charge is -2.66. The minimum atomic E-state index is 0.401. The SMILES string of the molecule is c1cc(-n2c3ccccc3c3cc(-c4ccc5c(c4)c4ccccc4n5-c4ccc5ccccc5c4)ccc32)cc(C23CC4CC5CC(C2)C54C3)c1. The molecule has 4 saturated carbocycles. The van der Waals surface area contributed by atoms with Gasteiger partial charge in [0.2, 0.25) is 0 Å². The van der Waals surface area contributed by atoms with Crippen molar-refractivity contribution in [3.05, 3.63) is 157 Å². The van der Waals surface area contributed by atoms with E-state index in [9.17, 15) is 0 Å². The maximum absolute atomic E-state index is 2.57. The zero-order valence-electron chi connectivity index (χ0n) is 29.1. The fourth-order valence-corrected chi connectivity index (χ4v) is 12.6. The molecule has 1 spiro atoms. The Morgan fingerprint density at radius 2 is 1.00 bits per heavy atom. The Bertz CT molecular complexity index is 2970. The van der Waals surface area contributed by atoms with Crippen LogP contribution in [0, 0.1) is 23.2 Å².